The second-order valence-electron chi connectivity index (χ2n) is 3.12. The summed E-state index contributed by atoms with van der Waals surface area (Å²) < 4.78 is 0. The van der Waals surface area contributed by atoms with Gasteiger partial charge >= 0.3 is 6.03 Å². The Balaban J connectivity index is 2.08. The monoisotopic (exact) mass is 151 g/mol. The van der Waals surface area contributed by atoms with Gasteiger partial charge in [-0.05, 0) is 0 Å². The van der Waals surface area contributed by atoms with Crippen molar-refractivity contribution in [1.29, 1.82) is 0 Å². The highest BCUT2D eigenvalue weighted by atomic mass is 16.2. The average molecular weight is 151 g/mol. The van der Waals surface area contributed by atoms with Crippen molar-refractivity contribution < 1.29 is 4.79 Å². The van der Waals surface area contributed by atoms with Crippen LogP contribution in [0.15, 0.2) is 0 Å². The molecule has 1 aliphatic carbocycles. The number of carbonyl (C=O) groups excluding carboxylic acids is 1. The van der Waals surface area contributed by atoms with Crippen LogP contribution in [0.4, 0.5) is 4.79 Å². The molecule has 1 heterocycles. The van der Waals surface area contributed by atoms with E-state index in [1.54, 1.807) is 0 Å². The third kappa shape index (κ3) is 0.845. The molecule has 2 N–H and O–H groups in total. The third-order valence-corrected chi connectivity index (χ3v) is 2.41. The van der Waals surface area contributed by atoms with Gasteiger partial charge < -0.3 is 15.5 Å². The lowest BCUT2D eigenvalue weighted by atomic mass is 10.1. The Labute approximate surface area is 64.8 Å². The van der Waals surface area contributed by atoms with Gasteiger partial charge in [-0.1, -0.05) is 0 Å². The molecule has 1 saturated carbocycles. The van der Waals surface area contributed by atoms with Crippen LogP contribution >= 0.6 is 0 Å². The van der Waals surface area contributed by atoms with Crippen LogP contribution in [-0.2, 0) is 0 Å². The molecule has 1 atom stereocenters. The Morgan fingerprint density at radius 1 is 1.64 bits per heavy atom. The number of nitrogens with zero attached hydrogens (tertiary/aromatic N) is 1. The number of urea groups is 1. The maximum Gasteiger partial charge on any atom is 0.315 e. The van der Waals surface area contributed by atoms with E-state index in [-0.39, 0.29) is 17.6 Å². The normalized spacial score (nSPS) is 31.9. The van der Waals surface area contributed by atoms with Crippen molar-refractivity contribution in [2.45, 2.75) is 24.4 Å². The standard InChI is InChI=1S/C7H9N3O/c1-8-7(2-3-7)5-4-9-6(11)10-5/h5H,2-4H2,(H2,9,10,11). The quantitative estimate of drug-likeness (QED) is 0.514. The minimum atomic E-state index is -0.251. The fourth-order valence-electron chi connectivity index (χ4n) is 1.45. The highest BCUT2D eigenvalue weighted by molar-refractivity contribution is 5.77. The lowest BCUT2D eigenvalue weighted by Crippen LogP contribution is -2.37. The van der Waals surface area contributed by atoms with Crippen LogP contribution in [-0.4, -0.2) is 24.2 Å². The Morgan fingerprint density at radius 2 is 2.36 bits per heavy atom. The molecule has 11 heavy (non-hydrogen) atoms. The summed E-state index contributed by atoms with van der Waals surface area (Å²) in [5.74, 6) is 0. The molecular formula is C7H9N3O. The Hall–Kier alpha value is -1.24. The van der Waals surface area contributed by atoms with E-state index in [1.165, 1.54) is 0 Å². The third-order valence-electron chi connectivity index (χ3n) is 2.41. The molecule has 2 rings (SSSR count). The van der Waals surface area contributed by atoms with Crippen molar-refractivity contribution in [2.24, 2.45) is 0 Å². The molecule has 1 aliphatic heterocycles. The molecule has 2 fully saturated rings. The van der Waals surface area contributed by atoms with Gasteiger partial charge in [-0.2, -0.15) is 0 Å². The first-order valence-corrected chi connectivity index (χ1v) is 3.70. The van der Waals surface area contributed by atoms with Crippen molar-refractivity contribution >= 4 is 6.03 Å². The highest BCUT2D eigenvalue weighted by Crippen LogP contribution is 2.43. The summed E-state index contributed by atoms with van der Waals surface area (Å²) in [5, 5.41) is 5.40. The van der Waals surface area contributed by atoms with E-state index < -0.39 is 0 Å². The SMILES string of the molecule is [C-]#[N+]C1(C2CNC(=O)N2)CC1. The fraction of sp³-hybridized carbons (Fsp3) is 0.714. The van der Waals surface area contributed by atoms with Gasteiger partial charge in [0.15, 0.2) is 0 Å². The van der Waals surface area contributed by atoms with Crippen LogP contribution in [0.3, 0.4) is 0 Å². The van der Waals surface area contributed by atoms with Crippen molar-refractivity contribution in [3.8, 4) is 0 Å². The Kier molecular flexibility index (Phi) is 1.10. The van der Waals surface area contributed by atoms with Crippen LogP contribution in [0.1, 0.15) is 12.8 Å². The topological polar surface area (TPSA) is 45.5 Å². The van der Waals surface area contributed by atoms with Gasteiger partial charge in [-0.25, -0.2) is 11.4 Å². The number of carbonyl (C=O) groups is 1. The molecule has 0 aromatic carbocycles. The van der Waals surface area contributed by atoms with E-state index >= 15 is 0 Å². The first-order valence-electron chi connectivity index (χ1n) is 3.70. The van der Waals surface area contributed by atoms with Gasteiger partial charge in [-0.3, -0.25) is 0 Å². The second kappa shape index (κ2) is 1.88. The molecule has 4 nitrogen and oxygen atoms in total. The van der Waals surface area contributed by atoms with E-state index in [9.17, 15) is 4.79 Å². The molecule has 0 aromatic rings. The van der Waals surface area contributed by atoms with E-state index in [0.29, 0.717) is 6.54 Å². The van der Waals surface area contributed by atoms with Gasteiger partial charge in [0.2, 0.25) is 0 Å². The Bertz CT molecular complexity index is 239. The number of rotatable bonds is 1. The van der Waals surface area contributed by atoms with Crippen LogP contribution in [0.2, 0.25) is 0 Å². The molecule has 4 heteroatoms. The van der Waals surface area contributed by atoms with E-state index in [4.69, 9.17) is 6.57 Å². The van der Waals surface area contributed by atoms with Gasteiger partial charge in [0.05, 0.1) is 0 Å². The number of nitrogens with one attached hydrogen (secondary N) is 2. The largest absolute Gasteiger partial charge is 0.336 e. The minimum Gasteiger partial charge on any atom is -0.336 e. The summed E-state index contributed by atoms with van der Waals surface area (Å²) in [6.45, 7) is 7.56. The molecule has 1 saturated heterocycles. The summed E-state index contributed by atoms with van der Waals surface area (Å²) in [7, 11) is 0. The van der Waals surface area contributed by atoms with E-state index in [1.807, 2.05) is 0 Å². The zero-order chi connectivity index (χ0) is 7.90. The fourth-order valence-corrected chi connectivity index (χ4v) is 1.45. The first-order chi connectivity index (χ1) is 5.27. The van der Waals surface area contributed by atoms with Crippen molar-refractivity contribution in [3.63, 3.8) is 0 Å². The molecular weight excluding hydrogens is 142 g/mol. The smallest absolute Gasteiger partial charge is 0.315 e. The summed E-state index contributed by atoms with van der Waals surface area (Å²) in [6, 6.07) is -0.0857. The van der Waals surface area contributed by atoms with Crippen molar-refractivity contribution in [3.05, 3.63) is 11.4 Å². The van der Waals surface area contributed by atoms with Gasteiger partial charge in [0.1, 0.15) is 6.04 Å². The molecule has 58 valence electrons. The number of amides is 2. The summed E-state index contributed by atoms with van der Waals surface area (Å²) >= 11 is 0. The van der Waals surface area contributed by atoms with Crippen LogP contribution < -0.4 is 10.6 Å². The van der Waals surface area contributed by atoms with E-state index in [2.05, 4.69) is 15.5 Å². The zero-order valence-electron chi connectivity index (χ0n) is 6.05. The lowest BCUT2D eigenvalue weighted by molar-refractivity contribution is 0.247. The van der Waals surface area contributed by atoms with E-state index in [0.717, 1.165) is 12.8 Å². The van der Waals surface area contributed by atoms with Gasteiger partial charge in [-0.15, -0.1) is 0 Å². The molecule has 0 bridgehead atoms. The molecule has 0 aromatic heterocycles. The van der Waals surface area contributed by atoms with Gasteiger partial charge in [0, 0.05) is 19.4 Å². The summed E-state index contributed by atoms with van der Waals surface area (Å²) in [4.78, 5) is 14.3. The predicted molar refractivity (Wildman–Crippen MR) is 38.9 cm³/mol. The molecule has 1 unspecified atom stereocenters. The van der Waals surface area contributed by atoms with Crippen molar-refractivity contribution in [2.75, 3.05) is 6.54 Å². The lowest BCUT2D eigenvalue weighted by Gasteiger charge is -2.08. The number of hydrogen-bond donors (Lipinski definition) is 2. The average Bonchev–Trinajstić information content (AvgIpc) is 2.70. The second-order valence-corrected chi connectivity index (χ2v) is 3.12. The zero-order valence-corrected chi connectivity index (χ0v) is 6.05. The highest BCUT2D eigenvalue weighted by Gasteiger charge is 2.59. The summed E-state index contributed by atoms with van der Waals surface area (Å²) in [6.07, 6.45) is 1.87. The van der Waals surface area contributed by atoms with Crippen LogP contribution in [0.25, 0.3) is 4.85 Å². The maximum atomic E-state index is 10.7. The first kappa shape index (κ1) is 6.47. The number of hydrogen-bond acceptors (Lipinski definition) is 1. The summed E-state index contributed by atoms with van der Waals surface area (Å²) in [5.41, 5.74) is -0.251. The van der Waals surface area contributed by atoms with Crippen molar-refractivity contribution in [1.82, 2.24) is 10.6 Å². The Morgan fingerprint density at radius 3 is 2.73 bits per heavy atom. The van der Waals surface area contributed by atoms with Crippen LogP contribution in [0, 0.1) is 6.57 Å². The molecule has 2 amide bonds. The predicted octanol–water partition coefficient (Wildman–Crippen LogP) is 0.120. The molecule has 0 spiro atoms. The maximum absolute atomic E-state index is 10.7. The van der Waals surface area contributed by atoms with Crippen LogP contribution in [0.5, 0.6) is 0 Å². The molecule has 2 aliphatic rings. The van der Waals surface area contributed by atoms with Gasteiger partial charge in [0.25, 0.3) is 5.54 Å². The molecule has 0 radical (unpaired) electrons. The minimum absolute atomic E-state index is 0.0486.